The second-order valence-electron chi connectivity index (χ2n) is 11.1. The Balaban J connectivity index is 1.84. The van der Waals surface area contributed by atoms with Gasteiger partial charge < -0.3 is 15.3 Å². The van der Waals surface area contributed by atoms with Crippen molar-refractivity contribution in [1.29, 1.82) is 0 Å². The molecule has 1 heterocycles. The lowest BCUT2D eigenvalue weighted by molar-refractivity contribution is 0.0547. The molecule has 3 atom stereocenters. The number of halogens is 2. The van der Waals surface area contributed by atoms with Crippen LogP contribution >= 0.6 is 0 Å². The van der Waals surface area contributed by atoms with Crippen molar-refractivity contribution in [2.75, 3.05) is 26.2 Å². The molecule has 3 rings (SSSR count). The molecule has 2 aromatic rings. The summed E-state index contributed by atoms with van der Waals surface area (Å²) in [5.41, 5.74) is 1.72. The van der Waals surface area contributed by atoms with Gasteiger partial charge in [0.05, 0.1) is 12.1 Å². The van der Waals surface area contributed by atoms with Gasteiger partial charge in [0, 0.05) is 42.9 Å². The summed E-state index contributed by atoms with van der Waals surface area (Å²) in [6, 6.07) is 7.76. The number of nitrogens with zero attached hydrogens (tertiary/aromatic N) is 2. The van der Waals surface area contributed by atoms with Gasteiger partial charge in [0.15, 0.2) is 0 Å². The van der Waals surface area contributed by atoms with E-state index in [1.54, 1.807) is 23.1 Å². The van der Waals surface area contributed by atoms with Crippen LogP contribution in [0.3, 0.4) is 0 Å². The second kappa shape index (κ2) is 15.2. The number of piperidine rings is 1. The molecular weight excluding hydrogens is 512 g/mol. The van der Waals surface area contributed by atoms with Crippen molar-refractivity contribution in [1.82, 2.24) is 15.1 Å². The van der Waals surface area contributed by atoms with Crippen molar-refractivity contribution in [3.63, 3.8) is 0 Å². The van der Waals surface area contributed by atoms with Crippen LogP contribution in [0, 0.1) is 18.6 Å². The van der Waals surface area contributed by atoms with Gasteiger partial charge in [-0.25, -0.2) is 8.78 Å². The normalized spacial score (nSPS) is 17.3. The Bertz CT molecular complexity index is 1120. The van der Waals surface area contributed by atoms with Crippen LogP contribution in [0.15, 0.2) is 36.4 Å². The maximum atomic E-state index is 14.2. The van der Waals surface area contributed by atoms with Gasteiger partial charge in [-0.2, -0.15) is 0 Å². The molecule has 0 aromatic heterocycles. The van der Waals surface area contributed by atoms with Crippen LogP contribution in [0.5, 0.6) is 0 Å². The molecule has 1 saturated heterocycles. The molecule has 220 valence electrons. The highest BCUT2D eigenvalue weighted by molar-refractivity contribution is 6.00. The molecule has 2 N–H and O–H groups in total. The topological polar surface area (TPSA) is 72.9 Å². The number of rotatable bonds is 13. The summed E-state index contributed by atoms with van der Waals surface area (Å²) in [6.07, 6.45) is 5.26. The zero-order valence-electron chi connectivity index (χ0n) is 24.4. The van der Waals surface area contributed by atoms with Crippen molar-refractivity contribution in [2.45, 2.75) is 90.8 Å². The SMILES string of the molecule is CCCN(CCC)C(=O)c1cc(C)cc(C(=O)NC(C[C@@H](O)CN2CCCCC2CC)c2cc(F)cc(F)c2)c1. The number of β-amino-alcohol motifs (C(OH)–C–C–N with tert-alkyl or cyclic N) is 1. The Morgan fingerprint density at radius 2 is 1.65 bits per heavy atom. The van der Waals surface area contributed by atoms with Gasteiger partial charge in [0.1, 0.15) is 11.6 Å². The van der Waals surface area contributed by atoms with E-state index in [0.29, 0.717) is 31.2 Å². The van der Waals surface area contributed by atoms with Crippen molar-refractivity contribution < 1.29 is 23.5 Å². The number of carbonyl (C=O) groups excluding carboxylic acids is 2. The van der Waals surface area contributed by atoms with Crippen molar-refractivity contribution in [3.05, 3.63) is 70.3 Å². The fourth-order valence-corrected chi connectivity index (χ4v) is 5.75. The number of carbonyl (C=O) groups is 2. The second-order valence-corrected chi connectivity index (χ2v) is 11.1. The Morgan fingerprint density at radius 1 is 1.00 bits per heavy atom. The number of amides is 2. The maximum Gasteiger partial charge on any atom is 0.253 e. The number of benzene rings is 2. The summed E-state index contributed by atoms with van der Waals surface area (Å²) in [5, 5.41) is 14.0. The van der Waals surface area contributed by atoms with E-state index in [1.807, 2.05) is 20.8 Å². The Labute approximate surface area is 237 Å². The van der Waals surface area contributed by atoms with E-state index in [2.05, 4.69) is 17.1 Å². The zero-order valence-corrected chi connectivity index (χ0v) is 24.4. The monoisotopic (exact) mass is 557 g/mol. The van der Waals surface area contributed by atoms with E-state index in [4.69, 9.17) is 0 Å². The van der Waals surface area contributed by atoms with E-state index in [-0.39, 0.29) is 23.5 Å². The molecule has 0 bridgehead atoms. The fraction of sp³-hybridized carbons (Fsp3) is 0.562. The number of hydrogen-bond acceptors (Lipinski definition) is 4. The van der Waals surface area contributed by atoms with Gasteiger partial charge in [0.25, 0.3) is 11.8 Å². The first kappa shape index (κ1) is 31.7. The molecule has 40 heavy (non-hydrogen) atoms. The van der Waals surface area contributed by atoms with Crippen LogP contribution in [0.1, 0.15) is 104 Å². The number of aliphatic hydroxyl groups excluding tert-OH is 1. The van der Waals surface area contributed by atoms with Crippen LogP contribution in [-0.4, -0.2) is 65.0 Å². The molecule has 1 fully saturated rings. The molecule has 2 unspecified atom stereocenters. The van der Waals surface area contributed by atoms with Gasteiger partial charge >= 0.3 is 0 Å². The third-order valence-electron chi connectivity index (χ3n) is 7.63. The summed E-state index contributed by atoms with van der Waals surface area (Å²) < 4.78 is 28.4. The molecule has 0 saturated carbocycles. The van der Waals surface area contributed by atoms with Crippen LogP contribution in [0.2, 0.25) is 0 Å². The average molecular weight is 558 g/mol. The van der Waals surface area contributed by atoms with E-state index >= 15 is 0 Å². The number of hydrogen-bond donors (Lipinski definition) is 2. The molecule has 0 aliphatic carbocycles. The van der Waals surface area contributed by atoms with Crippen LogP contribution < -0.4 is 5.32 Å². The summed E-state index contributed by atoms with van der Waals surface area (Å²) in [6.45, 7) is 10.6. The lowest BCUT2D eigenvalue weighted by Gasteiger charge is -2.37. The quantitative estimate of drug-likeness (QED) is 0.316. The Kier molecular flexibility index (Phi) is 12.1. The standard InChI is InChI=1S/C32H45F2N3O3/c1-5-11-36(12-6-2)32(40)25-15-22(4)14-24(16-25)31(39)35-30(23-17-26(33)19-27(34)18-23)20-29(38)21-37-13-9-8-10-28(37)7-3/h14-19,28-30,38H,5-13,20-21H2,1-4H3,(H,35,39)/t28?,29-,30?/m1/s1. The number of aryl methyl sites for hydroxylation is 1. The van der Waals surface area contributed by atoms with E-state index in [1.165, 1.54) is 18.6 Å². The molecular formula is C32H45F2N3O3. The van der Waals surface area contributed by atoms with Gasteiger partial charge in [-0.15, -0.1) is 0 Å². The summed E-state index contributed by atoms with van der Waals surface area (Å²) in [4.78, 5) is 30.8. The third kappa shape index (κ3) is 8.83. The Morgan fingerprint density at radius 3 is 2.27 bits per heavy atom. The highest BCUT2D eigenvalue weighted by Gasteiger charge is 2.27. The van der Waals surface area contributed by atoms with Crippen LogP contribution in [0.25, 0.3) is 0 Å². The van der Waals surface area contributed by atoms with E-state index in [0.717, 1.165) is 50.3 Å². The van der Waals surface area contributed by atoms with Crippen molar-refractivity contribution in [3.8, 4) is 0 Å². The first-order chi connectivity index (χ1) is 19.1. The Hall–Kier alpha value is -2.84. The van der Waals surface area contributed by atoms with E-state index < -0.39 is 29.7 Å². The van der Waals surface area contributed by atoms with Crippen LogP contribution in [-0.2, 0) is 0 Å². The third-order valence-corrected chi connectivity index (χ3v) is 7.63. The number of nitrogens with one attached hydrogen (secondary N) is 1. The maximum absolute atomic E-state index is 14.2. The predicted octanol–water partition coefficient (Wildman–Crippen LogP) is 6.02. The van der Waals surface area contributed by atoms with Gasteiger partial charge in [-0.05, 0) is 93.5 Å². The molecule has 1 aliphatic rings. The average Bonchev–Trinajstić information content (AvgIpc) is 2.91. The highest BCUT2D eigenvalue weighted by Crippen LogP contribution is 2.25. The van der Waals surface area contributed by atoms with Crippen LogP contribution in [0.4, 0.5) is 8.78 Å². The minimum atomic E-state index is -0.825. The summed E-state index contributed by atoms with van der Waals surface area (Å²) in [7, 11) is 0. The zero-order chi connectivity index (χ0) is 29.2. The van der Waals surface area contributed by atoms with Crippen molar-refractivity contribution >= 4 is 11.8 Å². The lowest BCUT2D eigenvalue weighted by atomic mass is 9.96. The minimum absolute atomic E-state index is 0.0972. The largest absolute Gasteiger partial charge is 0.392 e. The highest BCUT2D eigenvalue weighted by atomic mass is 19.1. The molecule has 2 aromatic carbocycles. The molecule has 2 amide bonds. The van der Waals surface area contributed by atoms with Crippen molar-refractivity contribution in [2.24, 2.45) is 0 Å². The molecule has 0 spiro atoms. The lowest BCUT2D eigenvalue weighted by Crippen LogP contribution is -2.44. The van der Waals surface area contributed by atoms with Gasteiger partial charge in [0.2, 0.25) is 0 Å². The van der Waals surface area contributed by atoms with Gasteiger partial charge in [-0.1, -0.05) is 27.2 Å². The fourth-order valence-electron chi connectivity index (χ4n) is 5.75. The molecule has 1 aliphatic heterocycles. The first-order valence-corrected chi connectivity index (χ1v) is 14.7. The minimum Gasteiger partial charge on any atom is -0.392 e. The summed E-state index contributed by atoms with van der Waals surface area (Å²) in [5.74, 6) is -2.10. The number of aliphatic hydroxyl groups is 1. The summed E-state index contributed by atoms with van der Waals surface area (Å²) >= 11 is 0. The number of likely N-dealkylation sites (tertiary alicyclic amines) is 1. The predicted molar refractivity (Wildman–Crippen MR) is 154 cm³/mol. The molecule has 6 nitrogen and oxygen atoms in total. The first-order valence-electron chi connectivity index (χ1n) is 14.7. The molecule has 0 radical (unpaired) electrons. The smallest absolute Gasteiger partial charge is 0.253 e. The van der Waals surface area contributed by atoms with E-state index in [9.17, 15) is 23.5 Å². The molecule has 8 heteroatoms. The van der Waals surface area contributed by atoms with Gasteiger partial charge in [-0.3, -0.25) is 14.5 Å².